The van der Waals surface area contributed by atoms with Crippen LogP contribution in [0.3, 0.4) is 0 Å². The van der Waals surface area contributed by atoms with Gasteiger partial charge in [0.25, 0.3) is 5.56 Å². The third-order valence-electron chi connectivity index (χ3n) is 4.67. The molecule has 0 saturated carbocycles. The molecule has 4 aromatic heterocycles. The zero-order chi connectivity index (χ0) is 21.1. The summed E-state index contributed by atoms with van der Waals surface area (Å²) in [6.45, 7) is 4.68. The van der Waals surface area contributed by atoms with Crippen LogP contribution >= 0.6 is 11.3 Å². The van der Waals surface area contributed by atoms with Crippen LogP contribution in [0.2, 0.25) is 0 Å². The van der Waals surface area contributed by atoms with Crippen LogP contribution < -0.4 is 15.7 Å². The first-order chi connectivity index (χ1) is 14.6. The van der Waals surface area contributed by atoms with Gasteiger partial charge in [-0.2, -0.15) is 0 Å². The smallest absolute Gasteiger partial charge is 0.262 e. The van der Waals surface area contributed by atoms with Gasteiger partial charge in [0.15, 0.2) is 11.6 Å². The van der Waals surface area contributed by atoms with E-state index in [0.717, 1.165) is 17.7 Å². The molecule has 154 valence electrons. The van der Waals surface area contributed by atoms with Gasteiger partial charge in [-0.3, -0.25) is 19.1 Å². The predicted molar refractivity (Wildman–Crippen MR) is 118 cm³/mol. The summed E-state index contributed by atoms with van der Waals surface area (Å²) in [5, 5.41) is 0.585. The fourth-order valence-corrected chi connectivity index (χ4v) is 4.12. The Morgan fingerprint density at radius 3 is 2.77 bits per heavy atom. The van der Waals surface area contributed by atoms with E-state index in [1.807, 2.05) is 31.2 Å². The largest absolute Gasteiger partial charge is 0.488 e. The molecule has 0 aliphatic heterocycles. The Morgan fingerprint density at radius 1 is 1.20 bits per heavy atom. The molecule has 30 heavy (non-hydrogen) atoms. The van der Waals surface area contributed by atoms with E-state index in [1.54, 1.807) is 17.0 Å². The summed E-state index contributed by atoms with van der Waals surface area (Å²) in [6, 6.07) is 8.87. The average molecular weight is 423 g/mol. The number of fused-ring (bicyclic) bond motifs is 1. The predicted octanol–water partition coefficient (Wildman–Crippen LogP) is 3.61. The van der Waals surface area contributed by atoms with Crippen molar-refractivity contribution in [2.24, 2.45) is 0 Å². The second kappa shape index (κ2) is 8.62. The Labute approximate surface area is 177 Å². The number of aromatic amines is 1. The summed E-state index contributed by atoms with van der Waals surface area (Å²) < 4.78 is 7.01. The van der Waals surface area contributed by atoms with E-state index >= 15 is 0 Å². The Bertz CT molecular complexity index is 1290. The number of nitrogens with one attached hydrogen (secondary N) is 1. The molecule has 0 fully saturated rings. The summed E-state index contributed by atoms with van der Waals surface area (Å²) in [5.41, 5.74) is 0.828. The quantitative estimate of drug-likeness (QED) is 0.491. The summed E-state index contributed by atoms with van der Waals surface area (Å²) >= 11 is 1.52. The summed E-state index contributed by atoms with van der Waals surface area (Å²) in [4.78, 5) is 39.7. The first kappa shape index (κ1) is 20.0. The first-order valence-corrected chi connectivity index (χ1v) is 10.7. The minimum atomic E-state index is -0.220. The Balaban J connectivity index is 1.83. The van der Waals surface area contributed by atoms with Crippen molar-refractivity contribution >= 4 is 21.6 Å². The van der Waals surface area contributed by atoms with Crippen molar-refractivity contribution in [1.29, 1.82) is 0 Å². The van der Waals surface area contributed by atoms with Gasteiger partial charge in [0.1, 0.15) is 10.5 Å². The second-order valence-electron chi connectivity index (χ2n) is 6.86. The molecule has 0 bridgehead atoms. The van der Waals surface area contributed by atoms with Gasteiger partial charge in [0, 0.05) is 29.0 Å². The molecule has 0 unspecified atom stereocenters. The van der Waals surface area contributed by atoms with Gasteiger partial charge < -0.3 is 9.72 Å². The highest BCUT2D eigenvalue weighted by Crippen LogP contribution is 2.25. The molecule has 0 radical (unpaired) electrons. The second-order valence-corrected chi connectivity index (χ2v) is 7.98. The van der Waals surface area contributed by atoms with Gasteiger partial charge >= 0.3 is 0 Å². The molecule has 4 aromatic rings. The summed E-state index contributed by atoms with van der Waals surface area (Å²) in [6.07, 6.45) is 4.87. The lowest BCUT2D eigenvalue weighted by molar-refractivity contribution is 0.313. The molecular formula is C22H22N4O3S. The van der Waals surface area contributed by atoms with E-state index in [9.17, 15) is 9.59 Å². The highest BCUT2D eigenvalue weighted by molar-refractivity contribution is 7.18. The van der Waals surface area contributed by atoms with E-state index in [1.165, 1.54) is 17.4 Å². The van der Waals surface area contributed by atoms with Crippen molar-refractivity contribution in [2.75, 3.05) is 6.61 Å². The van der Waals surface area contributed by atoms with Crippen LogP contribution in [-0.2, 0) is 13.0 Å². The monoisotopic (exact) mass is 422 g/mol. The van der Waals surface area contributed by atoms with E-state index in [0.29, 0.717) is 34.0 Å². The molecule has 0 atom stereocenters. The van der Waals surface area contributed by atoms with E-state index < -0.39 is 0 Å². The number of ether oxygens (including phenoxy) is 1. The number of aromatic nitrogens is 4. The number of aryl methyl sites for hydroxylation is 1. The van der Waals surface area contributed by atoms with Gasteiger partial charge in [-0.1, -0.05) is 19.9 Å². The molecule has 7 nitrogen and oxygen atoms in total. The van der Waals surface area contributed by atoms with Crippen LogP contribution in [0, 0.1) is 0 Å². The van der Waals surface area contributed by atoms with Crippen LogP contribution in [0.4, 0.5) is 0 Å². The van der Waals surface area contributed by atoms with Gasteiger partial charge in [0.2, 0.25) is 5.43 Å². The normalized spacial score (nSPS) is 11.1. The first-order valence-electron chi connectivity index (χ1n) is 9.89. The lowest BCUT2D eigenvalue weighted by atomic mass is 10.2. The third kappa shape index (κ3) is 3.91. The molecule has 0 saturated heterocycles. The molecule has 8 heteroatoms. The maximum Gasteiger partial charge on any atom is 0.262 e. The molecule has 0 aliphatic rings. The Kier molecular flexibility index (Phi) is 5.76. The number of rotatable bonds is 7. The molecular weight excluding hydrogens is 400 g/mol. The average Bonchev–Trinajstić information content (AvgIpc) is 3.19. The van der Waals surface area contributed by atoms with Crippen molar-refractivity contribution in [1.82, 2.24) is 19.5 Å². The lowest BCUT2D eigenvalue weighted by Gasteiger charge is -2.12. The van der Waals surface area contributed by atoms with E-state index in [4.69, 9.17) is 9.72 Å². The Morgan fingerprint density at radius 2 is 2.07 bits per heavy atom. The van der Waals surface area contributed by atoms with Crippen molar-refractivity contribution in [3.63, 3.8) is 0 Å². The van der Waals surface area contributed by atoms with Gasteiger partial charge in [0.05, 0.1) is 18.5 Å². The van der Waals surface area contributed by atoms with Crippen molar-refractivity contribution < 1.29 is 4.74 Å². The zero-order valence-electron chi connectivity index (χ0n) is 16.8. The summed E-state index contributed by atoms with van der Waals surface area (Å²) in [7, 11) is 0. The summed E-state index contributed by atoms with van der Waals surface area (Å²) in [5.74, 6) is 0.752. The maximum absolute atomic E-state index is 13.3. The number of hydrogen-bond donors (Lipinski definition) is 1. The minimum absolute atomic E-state index is 0.149. The highest BCUT2D eigenvalue weighted by atomic mass is 32.1. The number of thiophene rings is 1. The molecule has 1 N–H and O–H groups in total. The third-order valence-corrected chi connectivity index (χ3v) is 5.84. The number of pyridine rings is 2. The van der Waals surface area contributed by atoms with E-state index in [2.05, 4.69) is 16.9 Å². The number of hydrogen-bond acceptors (Lipinski definition) is 6. The van der Waals surface area contributed by atoms with Crippen LogP contribution in [0.5, 0.6) is 5.75 Å². The SMILES string of the molecule is CCCOc1c[nH]c(Cn2c(-c3ccccn3)nc3sc(CC)cc3c2=O)cc1=O. The molecule has 4 heterocycles. The molecule has 0 amide bonds. The van der Waals surface area contributed by atoms with Crippen molar-refractivity contribution in [2.45, 2.75) is 33.2 Å². The van der Waals surface area contributed by atoms with Gasteiger partial charge in [-0.05, 0) is 31.0 Å². The fourth-order valence-electron chi connectivity index (χ4n) is 3.16. The van der Waals surface area contributed by atoms with E-state index in [-0.39, 0.29) is 23.3 Å². The van der Waals surface area contributed by atoms with Crippen LogP contribution in [0.1, 0.15) is 30.8 Å². The van der Waals surface area contributed by atoms with Crippen LogP contribution in [-0.4, -0.2) is 26.1 Å². The van der Waals surface area contributed by atoms with Crippen molar-refractivity contribution in [3.05, 3.63) is 73.9 Å². The zero-order valence-corrected chi connectivity index (χ0v) is 17.7. The minimum Gasteiger partial charge on any atom is -0.488 e. The maximum atomic E-state index is 13.3. The van der Waals surface area contributed by atoms with Crippen LogP contribution in [0.25, 0.3) is 21.7 Å². The molecule has 0 aliphatic carbocycles. The Hall–Kier alpha value is -3.26. The lowest BCUT2D eigenvalue weighted by Crippen LogP contribution is -2.25. The molecule has 4 rings (SSSR count). The fraction of sp³-hybridized carbons (Fsp3) is 0.273. The molecule has 0 spiro atoms. The van der Waals surface area contributed by atoms with Gasteiger partial charge in [-0.25, -0.2) is 4.98 Å². The number of H-pyrrole nitrogens is 1. The highest BCUT2D eigenvalue weighted by Gasteiger charge is 2.17. The standard InChI is InChI=1S/C22H22N4O3S/c1-3-9-29-19-12-24-14(10-18(19)27)13-26-20(17-7-5-6-8-23-17)25-21-16(22(26)28)11-15(4-2)30-21/h5-8,10-12H,3-4,9,13H2,1-2H3,(H,24,27). The number of nitrogens with zero attached hydrogens (tertiary/aromatic N) is 3. The van der Waals surface area contributed by atoms with Crippen LogP contribution in [0.15, 0.2) is 52.3 Å². The van der Waals surface area contributed by atoms with Crippen molar-refractivity contribution in [3.8, 4) is 17.3 Å². The molecule has 0 aromatic carbocycles. The topological polar surface area (TPSA) is 89.9 Å². The van der Waals surface area contributed by atoms with Gasteiger partial charge in [-0.15, -0.1) is 11.3 Å².